The number of aromatic nitrogens is 3. The van der Waals surface area contributed by atoms with E-state index in [4.69, 9.17) is 16.2 Å². The number of carbonyl (C=O) groups is 1. The van der Waals surface area contributed by atoms with Crippen molar-refractivity contribution in [1.29, 1.82) is 0 Å². The highest BCUT2D eigenvalue weighted by Crippen LogP contribution is 2.13. The lowest BCUT2D eigenvalue weighted by Gasteiger charge is -2.26. The maximum Gasteiger partial charge on any atom is 0.232 e. The fourth-order valence-electron chi connectivity index (χ4n) is 1.99. The summed E-state index contributed by atoms with van der Waals surface area (Å²) in [6.07, 6.45) is 1.93. The van der Waals surface area contributed by atoms with E-state index in [0.717, 1.165) is 25.9 Å². The molecule has 1 amide bonds. The van der Waals surface area contributed by atoms with Gasteiger partial charge in [-0.15, -0.1) is 0 Å². The van der Waals surface area contributed by atoms with Gasteiger partial charge in [0.2, 0.25) is 23.8 Å². The lowest BCUT2D eigenvalue weighted by molar-refractivity contribution is -0.118. The van der Waals surface area contributed by atoms with Gasteiger partial charge in [0.25, 0.3) is 0 Å². The monoisotopic (exact) mass is 295 g/mol. The molecule has 21 heavy (non-hydrogen) atoms. The number of anilines is 3. The van der Waals surface area contributed by atoms with E-state index in [1.54, 1.807) is 0 Å². The summed E-state index contributed by atoms with van der Waals surface area (Å²) in [6, 6.07) is 0. The predicted molar refractivity (Wildman–Crippen MR) is 78.8 cm³/mol. The number of ether oxygens (including phenoxy) is 1. The number of rotatable bonds is 7. The molecule has 1 saturated heterocycles. The molecule has 9 heteroatoms. The van der Waals surface area contributed by atoms with Gasteiger partial charge >= 0.3 is 0 Å². The fourth-order valence-corrected chi connectivity index (χ4v) is 1.99. The largest absolute Gasteiger partial charge is 0.378 e. The Morgan fingerprint density at radius 1 is 1.24 bits per heavy atom. The molecule has 0 aliphatic carbocycles. The van der Waals surface area contributed by atoms with Crippen LogP contribution in [0.25, 0.3) is 0 Å². The number of amides is 1. The maximum atomic E-state index is 10.6. The van der Waals surface area contributed by atoms with Crippen LogP contribution in [0.15, 0.2) is 0 Å². The Hall–Kier alpha value is -2.16. The van der Waals surface area contributed by atoms with Gasteiger partial charge in [0.15, 0.2) is 0 Å². The quantitative estimate of drug-likeness (QED) is 0.566. The number of primary amides is 1. The summed E-state index contributed by atoms with van der Waals surface area (Å²) in [7, 11) is 0. The number of hydrogen-bond donors (Lipinski definition) is 3. The number of carbonyl (C=O) groups excluding carboxylic acids is 1. The molecule has 0 unspecified atom stereocenters. The second-order valence-electron chi connectivity index (χ2n) is 4.77. The van der Waals surface area contributed by atoms with Crippen LogP contribution in [0, 0.1) is 0 Å². The summed E-state index contributed by atoms with van der Waals surface area (Å²) < 4.78 is 5.30. The molecule has 1 aromatic rings. The van der Waals surface area contributed by atoms with Gasteiger partial charge in [-0.05, 0) is 12.8 Å². The van der Waals surface area contributed by atoms with Crippen LogP contribution in [0.2, 0.25) is 0 Å². The van der Waals surface area contributed by atoms with Crippen molar-refractivity contribution in [3.05, 3.63) is 0 Å². The minimum Gasteiger partial charge on any atom is -0.378 e. The third-order valence-corrected chi connectivity index (χ3v) is 3.07. The van der Waals surface area contributed by atoms with Crippen LogP contribution >= 0.6 is 0 Å². The van der Waals surface area contributed by atoms with Gasteiger partial charge in [-0.2, -0.15) is 15.0 Å². The summed E-state index contributed by atoms with van der Waals surface area (Å²) in [6.45, 7) is 3.44. The minimum absolute atomic E-state index is 0.186. The molecular formula is C12H21N7O2. The second kappa shape index (κ2) is 7.58. The first kappa shape index (κ1) is 15.2. The molecule has 1 fully saturated rings. The zero-order valence-electron chi connectivity index (χ0n) is 11.9. The van der Waals surface area contributed by atoms with E-state index >= 15 is 0 Å². The molecule has 5 N–H and O–H groups in total. The molecule has 1 aliphatic rings. The van der Waals surface area contributed by atoms with Crippen molar-refractivity contribution in [3.63, 3.8) is 0 Å². The topological polar surface area (TPSA) is 132 Å². The van der Waals surface area contributed by atoms with E-state index in [1.165, 1.54) is 0 Å². The molecule has 116 valence electrons. The van der Waals surface area contributed by atoms with Crippen LogP contribution in [0.1, 0.15) is 19.3 Å². The number of nitrogens with zero attached hydrogens (tertiary/aromatic N) is 4. The van der Waals surface area contributed by atoms with E-state index in [1.807, 2.05) is 4.90 Å². The first-order valence-corrected chi connectivity index (χ1v) is 7.01. The van der Waals surface area contributed by atoms with Crippen molar-refractivity contribution >= 4 is 23.8 Å². The van der Waals surface area contributed by atoms with Gasteiger partial charge in [-0.25, -0.2) is 0 Å². The van der Waals surface area contributed by atoms with E-state index in [0.29, 0.717) is 38.1 Å². The molecule has 0 saturated carbocycles. The van der Waals surface area contributed by atoms with Gasteiger partial charge in [0, 0.05) is 26.1 Å². The third kappa shape index (κ3) is 5.03. The average Bonchev–Trinajstić information content (AvgIpc) is 2.47. The SMILES string of the molecule is NC(=O)CCCCNc1nc(N)nc(N2CCOCC2)n1. The lowest BCUT2D eigenvalue weighted by Crippen LogP contribution is -2.37. The van der Waals surface area contributed by atoms with Crippen molar-refractivity contribution in [1.82, 2.24) is 15.0 Å². The first-order valence-electron chi connectivity index (χ1n) is 7.01. The number of nitrogens with one attached hydrogen (secondary N) is 1. The third-order valence-electron chi connectivity index (χ3n) is 3.07. The molecule has 0 radical (unpaired) electrons. The number of nitrogen functional groups attached to an aromatic ring is 1. The molecule has 2 rings (SSSR count). The molecule has 9 nitrogen and oxygen atoms in total. The number of hydrogen-bond acceptors (Lipinski definition) is 8. The zero-order valence-corrected chi connectivity index (χ0v) is 11.9. The number of unbranched alkanes of at least 4 members (excludes halogenated alkanes) is 1. The lowest BCUT2D eigenvalue weighted by atomic mass is 10.2. The van der Waals surface area contributed by atoms with Crippen LogP contribution in [-0.4, -0.2) is 53.7 Å². The van der Waals surface area contributed by atoms with Crippen LogP contribution in [-0.2, 0) is 9.53 Å². The smallest absolute Gasteiger partial charge is 0.232 e. The van der Waals surface area contributed by atoms with E-state index in [-0.39, 0.29) is 11.9 Å². The van der Waals surface area contributed by atoms with Crippen molar-refractivity contribution in [2.75, 3.05) is 48.8 Å². The highest BCUT2D eigenvalue weighted by atomic mass is 16.5. The molecule has 2 heterocycles. The summed E-state index contributed by atoms with van der Waals surface area (Å²) in [5.74, 6) is 0.911. The predicted octanol–water partition coefficient (Wildman–Crippen LogP) is -0.642. The normalized spacial score (nSPS) is 15.0. The Balaban J connectivity index is 1.87. The summed E-state index contributed by atoms with van der Waals surface area (Å²) in [4.78, 5) is 25.2. The Kier molecular flexibility index (Phi) is 5.50. The first-order chi connectivity index (χ1) is 10.1. The molecule has 0 aromatic carbocycles. The van der Waals surface area contributed by atoms with E-state index < -0.39 is 0 Å². The number of nitrogens with two attached hydrogens (primary N) is 2. The summed E-state index contributed by atoms with van der Waals surface area (Å²) >= 11 is 0. The van der Waals surface area contributed by atoms with Gasteiger partial charge < -0.3 is 26.4 Å². The fraction of sp³-hybridized carbons (Fsp3) is 0.667. The standard InChI is InChI=1S/C12H21N7O2/c13-9(20)3-1-2-4-15-11-16-10(14)17-12(18-11)19-5-7-21-8-6-19/h1-8H2,(H2,13,20)(H3,14,15,16,17,18). The summed E-state index contributed by atoms with van der Waals surface area (Å²) in [5.41, 5.74) is 10.8. The minimum atomic E-state index is -0.283. The van der Waals surface area contributed by atoms with Crippen molar-refractivity contribution in [2.45, 2.75) is 19.3 Å². The highest BCUT2D eigenvalue weighted by Gasteiger charge is 2.15. The van der Waals surface area contributed by atoms with Gasteiger partial charge in [-0.1, -0.05) is 0 Å². The second-order valence-corrected chi connectivity index (χ2v) is 4.77. The Bertz CT molecular complexity index is 477. The van der Waals surface area contributed by atoms with Crippen LogP contribution in [0.3, 0.4) is 0 Å². The van der Waals surface area contributed by atoms with Crippen molar-refractivity contribution in [3.8, 4) is 0 Å². The molecule has 0 bridgehead atoms. The van der Waals surface area contributed by atoms with Crippen LogP contribution < -0.4 is 21.7 Å². The Morgan fingerprint density at radius 3 is 2.71 bits per heavy atom. The average molecular weight is 295 g/mol. The van der Waals surface area contributed by atoms with E-state index in [9.17, 15) is 4.79 Å². The van der Waals surface area contributed by atoms with E-state index in [2.05, 4.69) is 20.3 Å². The number of morpholine rings is 1. The molecular weight excluding hydrogens is 274 g/mol. The van der Waals surface area contributed by atoms with Crippen LogP contribution in [0.4, 0.5) is 17.8 Å². The molecule has 1 aliphatic heterocycles. The Labute approximate surface area is 123 Å². The van der Waals surface area contributed by atoms with Gasteiger partial charge in [-0.3, -0.25) is 4.79 Å². The van der Waals surface area contributed by atoms with Crippen LogP contribution in [0.5, 0.6) is 0 Å². The molecule has 0 atom stereocenters. The molecule has 0 spiro atoms. The maximum absolute atomic E-state index is 10.6. The van der Waals surface area contributed by atoms with Gasteiger partial charge in [0.05, 0.1) is 13.2 Å². The molecule has 1 aromatic heterocycles. The zero-order chi connectivity index (χ0) is 15.1. The van der Waals surface area contributed by atoms with Gasteiger partial charge in [0.1, 0.15) is 0 Å². The highest BCUT2D eigenvalue weighted by molar-refractivity contribution is 5.73. The van der Waals surface area contributed by atoms with Crippen molar-refractivity contribution < 1.29 is 9.53 Å². The Morgan fingerprint density at radius 2 is 2.00 bits per heavy atom. The van der Waals surface area contributed by atoms with Crippen molar-refractivity contribution in [2.24, 2.45) is 5.73 Å². The summed E-state index contributed by atoms with van der Waals surface area (Å²) in [5, 5.41) is 3.09.